The number of hydrogen-bond acceptors (Lipinski definition) is 5. The zero-order valence-corrected chi connectivity index (χ0v) is 20.8. The van der Waals surface area contributed by atoms with Crippen LogP contribution in [0.2, 0.25) is 5.02 Å². The van der Waals surface area contributed by atoms with Gasteiger partial charge < -0.3 is 15.7 Å². The maximum absolute atomic E-state index is 12.5. The van der Waals surface area contributed by atoms with E-state index in [0.717, 1.165) is 37.7 Å². The van der Waals surface area contributed by atoms with Crippen molar-refractivity contribution in [2.75, 3.05) is 10.6 Å². The van der Waals surface area contributed by atoms with Crippen molar-refractivity contribution in [1.29, 1.82) is 0 Å². The van der Waals surface area contributed by atoms with Gasteiger partial charge in [0.25, 0.3) is 0 Å². The number of carbonyl (C=O) groups excluding carboxylic acids is 2. The normalized spacial score (nSPS) is 15.5. The van der Waals surface area contributed by atoms with E-state index >= 15 is 0 Å². The van der Waals surface area contributed by atoms with Crippen LogP contribution < -0.4 is 15.4 Å². The van der Waals surface area contributed by atoms with Crippen molar-refractivity contribution >= 4 is 44.8 Å². The Kier molecular flexibility index (Phi) is 8.57. The standard InChI is InChI=1S/C24H30ClN3O5S/c1-15-8-10-18(11-9-15)34(32,33)28-16(2)12-23(30)26-20-14-22(29)21(13-19(20)25)27-24(31)17-6-4-3-5-7-17/h8-11,13-14,16-17,28-29H,3-7,12H2,1-2H3,(H,26,30)(H,27,31). The third kappa shape index (κ3) is 6.94. The highest BCUT2D eigenvalue weighted by molar-refractivity contribution is 7.89. The third-order valence-electron chi connectivity index (χ3n) is 5.77. The number of amides is 2. The molecule has 3 rings (SSSR count). The summed E-state index contributed by atoms with van der Waals surface area (Å²) in [4.78, 5) is 25.0. The lowest BCUT2D eigenvalue weighted by atomic mass is 9.88. The first-order valence-corrected chi connectivity index (χ1v) is 13.1. The van der Waals surface area contributed by atoms with Crippen LogP contribution in [0.4, 0.5) is 11.4 Å². The van der Waals surface area contributed by atoms with Crippen molar-refractivity contribution in [1.82, 2.24) is 4.72 Å². The number of anilines is 2. The van der Waals surface area contributed by atoms with Gasteiger partial charge in [-0.3, -0.25) is 9.59 Å². The summed E-state index contributed by atoms with van der Waals surface area (Å²) in [5, 5.41) is 15.8. The fourth-order valence-corrected chi connectivity index (χ4v) is 5.38. The van der Waals surface area contributed by atoms with Gasteiger partial charge in [-0.25, -0.2) is 13.1 Å². The minimum absolute atomic E-state index is 0.0866. The lowest BCUT2D eigenvalue weighted by molar-refractivity contribution is -0.120. The maximum atomic E-state index is 12.5. The SMILES string of the molecule is Cc1ccc(S(=O)(=O)NC(C)CC(=O)Nc2cc(O)c(NC(=O)C3CCCCC3)cc2Cl)cc1. The van der Waals surface area contributed by atoms with Gasteiger partial charge in [0.1, 0.15) is 5.75 Å². The molecule has 184 valence electrons. The molecule has 34 heavy (non-hydrogen) atoms. The van der Waals surface area contributed by atoms with E-state index in [9.17, 15) is 23.1 Å². The number of rotatable bonds is 8. The van der Waals surface area contributed by atoms with Gasteiger partial charge in [0.05, 0.1) is 21.3 Å². The summed E-state index contributed by atoms with van der Waals surface area (Å²) < 4.78 is 27.5. The predicted octanol–water partition coefficient (Wildman–Crippen LogP) is 4.57. The van der Waals surface area contributed by atoms with Gasteiger partial charge >= 0.3 is 0 Å². The molecule has 0 aliphatic heterocycles. The number of phenols is 1. The van der Waals surface area contributed by atoms with Crippen LogP contribution in [0.3, 0.4) is 0 Å². The zero-order chi connectivity index (χ0) is 24.9. The van der Waals surface area contributed by atoms with Gasteiger partial charge in [-0.1, -0.05) is 48.6 Å². The van der Waals surface area contributed by atoms with E-state index in [1.165, 1.54) is 24.3 Å². The molecule has 1 fully saturated rings. The minimum Gasteiger partial charge on any atom is -0.506 e. The second-order valence-corrected chi connectivity index (χ2v) is 10.9. The largest absolute Gasteiger partial charge is 0.506 e. The van der Waals surface area contributed by atoms with E-state index in [2.05, 4.69) is 15.4 Å². The van der Waals surface area contributed by atoms with Gasteiger partial charge in [0, 0.05) is 24.4 Å². The zero-order valence-electron chi connectivity index (χ0n) is 19.2. The number of aromatic hydroxyl groups is 1. The molecular weight excluding hydrogens is 478 g/mol. The Morgan fingerprint density at radius 2 is 1.71 bits per heavy atom. The molecule has 1 atom stereocenters. The molecule has 1 aliphatic carbocycles. The van der Waals surface area contributed by atoms with Gasteiger partial charge in [0.2, 0.25) is 21.8 Å². The quantitative estimate of drug-likeness (QED) is 0.389. The highest BCUT2D eigenvalue weighted by atomic mass is 35.5. The fourth-order valence-electron chi connectivity index (χ4n) is 3.93. The Balaban J connectivity index is 1.59. The van der Waals surface area contributed by atoms with Crippen molar-refractivity contribution in [2.45, 2.75) is 63.3 Å². The van der Waals surface area contributed by atoms with Crippen molar-refractivity contribution in [3.63, 3.8) is 0 Å². The summed E-state index contributed by atoms with van der Waals surface area (Å²) in [5.41, 5.74) is 1.28. The molecule has 0 heterocycles. The van der Waals surface area contributed by atoms with Crippen LogP contribution in [0.1, 0.15) is 51.0 Å². The Bertz CT molecular complexity index is 1150. The van der Waals surface area contributed by atoms with E-state index < -0.39 is 22.0 Å². The van der Waals surface area contributed by atoms with Gasteiger partial charge in [-0.05, 0) is 44.9 Å². The van der Waals surface area contributed by atoms with E-state index in [0.29, 0.717) is 0 Å². The van der Waals surface area contributed by atoms with Crippen LogP contribution >= 0.6 is 11.6 Å². The number of halogens is 1. The van der Waals surface area contributed by atoms with Gasteiger partial charge in [-0.15, -0.1) is 0 Å². The first-order valence-electron chi connectivity index (χ1n) is 11.3. The average Bonchev–Trinajstić information content (AvgIpc) is 2.77. The van der Waals surface area contributed by atoms with Crippen LogP contribution in [0.25, 0.3) is 0 Å². The summed E-state index contributed by atoms with van der Waals surface area (Å²) in [6.07, 6.45) is 4.63. The molecule has 0 saturated heterocycles. The first kappa shape index (κ1) is 26.0. The third-order valence-corrected chi connectivity index (χ3v) is 7.69. The molecule has 2 aromatic rings. The van der Waals surface area contributed by atoms with Crippen LogP contribution in [0.5, 0.6) is 5.75 Å². The number of benzene rings is 2. The Morgan fingerprint density at radius 3 is 2.35 bits per heavy atom. The summed E-state index contributed by atoms with van der Waals surface area (Å²) >= 11 is 6.26. The second-order valence-electron chi connectivity index (χ2n) is 8.76. The first-order chi connectivity index (χ1) is 16.0. The molecule has 0 spiro atoms. The van der Waals surface area contributed by atoms with Crippen LogP contribution in [0, 0.1) is 12.8 Å². The highest BCUT2D eigenvalue weighted by Gasteiger charge is 2.23. The smallest absolute Gasteiger partial charge is 0.240 e. The maximum Gasteiger partial charge on any atom is 0.240 e. The summed E-state index contributed by atoms with van der Waals surface area (Å²) in [6, 6.07) is 8.36. The topological polar surface area (TPSA) is 125 Å². The molecule has 2 aromatic carbocycles. The van der Waals surface area contributed by atoms with Crippen LogP contribution in [-0.4, -0.2) is 31.4 Å². The number of phenolic OH excluding ortho intramolecular Hbond substituents is 1. The van der Waals surface area contributed by atoms with Crippen LogP contribution in [0.15, 0.2) is 41.3 Å². The van der Waals surface area contributed by atoms with Gasteiger partial charge in [0.15, 0.2) is 0 Å². The molecule has 2 amide bonds. The average molecular weight is 508 g/mol. The van der Waals surface area contributed by atoms with Gasteiger partial charge in [-0.2, -0.15) is 0 Å². The molecule has 0 radical (unpaired) electrons. The summed E-state index contributed by atoms with van der Waals surface area (Å²) in [6.45, 7) is 3.44. The molecule has 8 nitrogen and oxygen atoms in total. The minimum atomic E-state index is -3.77. The molecule has 1 unspecified atom stereocenters. The molecule has 0 bridgehead atoms. The molecule has 1 saturated carbocycles. The summed E-state index contributed by atoms with van der Waals surface area (Å²) in [7, 11) is -3.77. The monoisotopic (exact) mass is 507 g/mol. The number of hydrogen-bond donors (Lipinski definition) is 4. The van der Waals surface area contributed by atoms with Crippen molar-refractivity contribution < 1.29 is 23.1 Å². The van der Waals surface area contributed by atoms with E-state index in [-0.39, 0.29) is 45.3 Å². The predicted molar refractivity (Wildman–Crippen MR) is 133 cm³/mol. The highest BCUT2D eigenvalue weighted by Crippen LogP contribution is 2.35. The summed E-state index contributed by atoms with van der Waals surface area (Å²) in [5.74, 6) is -0.953. The molecular formula is C24H30ClN3O5S. The van der Waals surface area contributed by atoms with Crippen molar-refractivity contribution in [2.24, 2.45) is 5.92 Å². The Morgan fingerprint density at radius 1 is 1.06 bits per heavy atom. The van der Waals surface area contributed by atoms with Crippen molar-refractivity contribution in [3.05, 3.63) is 47.0 Å². The molecule has 4 N–H and O–H groups in total. The van der Waals surface area contributed by atoms with Crippen LogP contribution in [-0.2, 0) is 19.6 Å². The number of nitrogens with one attached hydrogen (secondary N) is 3. The number of sulfonamides is 1. The second kappa shape index (κ2) is 11.2. The lowest BCUT2D eigenvalue weighted by Gasteiger charge is -2.21. The van der Waals surface area contributed by atoms with E-state index in [1.807, 2.05) is 6.92 Å². The number of carbonyl (C=O) groups is 2. The fraction of sp³-hybridized carbons (Fsp3) is 0.417. The van der Waals surface area contributed by atoms with E-state index in [1.54, 1.807) is 19.1 Å². The lowest BCUT2D eigenvalue weighted by Crippen LogP contribution is -2.35. The van der Waals surface area contributed by atoms with Crippen molar-refractivity contribution in [3.8, 4) is 5.75 Å². The number of aryl methyl sites for hydroxylation is 1. The molecule has 1 aliphatic rings. The molecule has 0 aromatic heterocycles. The molecule has 10 heteroatoms. The Hall–Kier alpha value is -2.62. The Labute approximate surface area is 205 Å². The van der Waals surface area contributed by atoms with E-state index in [4.69, 9.17) is 11.6 Å².